The summed E-state index contributed by atoms with van der Waals surface area (Å²) in [6, 6.07) is 2.96. The number of carbonyl (C=O) groups excluding carboxylic acids is 2. The molecule has 0 fully saturated rings. The molecular formula is C20H23F2N3O3S. The SMILES string of the molecule is C#CCNC(=O)S(=O)c1c(C)c(C(=O)Nc2ccc(F)c(F)c2)n(C)c1C.CC. The van der Waals surface area contributed by atoms with E-state index in [4.69, 9.17) is 6.42 Å². The highest BCUT2D eigenvalue weighted by atomic mass is 32.2. The lowest BCUT2D eigenvalue weighted by molar-refractivity contribution is 0.101. The second-order valence-corrected chi connectivity index (χ2v) is 6.96. The normalized spacial score (nSPS) is 11.0. The van der Waals surface area contributed by atoms with E-state index >= 15 is 0 Å². The average Bonchev–Trinajstić information content (AvgIpc) is 2.92. The molecular weight excluding hydrogens is 400 g/mol. The fraction of sp³-hybridized carbons (Fsp3) is 0.300. The van der Waals surface area contributed by atoms with E-state index in [0.29, 0.717) is 11.3 Å². The predicted molar refractivity (Wildman–Crippen MR) is 109 cm³/mol. The number of hydrogen-bond acceptors (Lipinski definition) is 3. The number of terminal acetylenes is 1. The van der Waals surface area contributed by atoms with Gasteiger partial charge >= 0.3 is 5.24 Å². The third-order valence-corrected chi connectivity index (χ3v) is 5.40. The zero-order valence-corrected chi connectivity index (χ0v) is 17.7. The zero-order valence-electron chi connectivity index (χ0n) is 16.9. The maximum Gasteiger partial charge on any atom is 0.314 e. The minimum atomic E-state index is -2.07. The first kappa shape index (κ1) is 24.0. The molecule has 0 aliphatic rings. The first-order chi connectivity index (χ1) is 13.7. The van der Waals surface area contributed by atoms with Crippen LogP contribution in [0.1, 0.15) is 35.6 Å². The molecule has 9 heteroatoms. The standard InChI is InChI=1S/C18H17F2N3O3S.C2H6/c1-5-8-21-18(25)27(26)16-10(2)15(23(4)11(16)3)17(24)22-12-6-7-13(19)14(20)9-12;1-2/h1,6-7,9H,8H2,2-4H3,(H,21,25)(H,22,24);1-2H3. The van der Waals surface area contributed by atoms with Crippen LogP contribution in [-0.4, -0.2) is 26.5 Å². The molecule has 2 aromatic rings. The molecule has 0 radical (unpaired) electrons. The van der Waals surface area contributed by atoms with Gasteiger partial charge in [0.05, 0.1) is 11.4 Å². The van der Waals surface area contributed by atoms with Gasteiger partial charge in [-0.05, 0) is 31.5 Å². The highest BCUT2D eigenvalue weighted by Gasteiger charge is 2.27. The van der Waals surface area contributed by atoms with Crippen LogP contribution < -0.4 is 10.6 Å². The Morgan fingerprint density at radius 1 is 1.21 bits per heavy atom. The third-order valence-electron chi connectivity index (χ3n) is 3.94. The molecule has 2 N–H and O–H groups in total. The molecule has 1 unspecified atom stereocenters. The summed E-state index contributed by atoms with van der Waals surface area (Å²) in [5.41, 5.74) is 0.998. The van der Waals surface area contributed by atoms with Crippen LogP contribution in [0.15, 0.2) is 23.1 Å². The Balaban J connectivity index is 0.00000204. The van der Waals surface area contributed by atoms with Crippen LogP contribution in [0.5, 0.6) is 0 Å². The van der Waals surface area contributed by atoms with Crippen LogP contribution in [0.3, 0.4) is 0 Å². The monoisotopic (exact) mass is 423 g/mol. The molecule has 6 nitrogen and oxygen atoms in total. The van der Waals surface area contributed by atoms with Gasteiger partial charge < -0.3 is 15.2 Å². The van der Waals surface area contributed by atoms with E-state index in [1.807, 2.05) is 13.8 Å². The van der Waals surface area contributed by atoms with Crippen molar-refractivity contribution in [1.82, 2.24) is 9.88 Å². The van der Waals surface area contributed by atoms with Crippen LogP contribution in [0.2, 0.25) is 0 Å². The number of amides is 2. The average molecular weight is 423 g/mol. The second-order valence-electron chi connectivity index (χ2n) is 5.64. The molecule has 2 rings (SSSR count). The van der Waals surface area contributed by atoms with E-state index in [-0.39, 0.29) is 22.8 Å². The van der Waals surface area contributed by atoms with Crippen LogP contribution in [-0.2, 0) is 17.8 Å². The van der Waals surface area contributed by atoms with E-state index in [2.05, 4.69) is 16.6 Å². The maximum atomic E-state index is 13.3. The second kappa shape index (κ2) is 10.5. The molecule has 29 heavy (non-hydrogen) atoms. The Morgan fingerprint density at radius 2 is 1.83 bits per heavy atom. The molecule has 2 amide bonds. The van der Waals surface area contributed by atoms with Gasteiger partial charge in [-0.3, -0.25) is 9.59 Å². The highest BCUT2D eigenvalue weighted by molar-refractivity contribution is 8.00. The summed E-state index contributed by atoms with van der Waals surface area (Å²) in [6.07, 6.45) is 5.07. The molecule has 1 heterocycles. The van der Waals surface area contributed by atoms with E-state index in [0.717, 1.165) is 12.1 Å². The first-order valence-electron chi connectivity index (χ1n) is 8.74. The van der Waals surface area contributed by atoms with Crippen molar-refractivity contribution in [2.45, 2.75) is 32.6 Å². The number of aromatic nitrogens is 1. The summed E-state index contributed by atoms with van der Waals surface area (Å²) in [5.74, 6) is -0.533. The van der Waals surface area contributed by atoms with Crippen LogP contribution >= 0.6 is 0 Å². The van der Waals surface area contributed by atoms with Crippen LogP contribution in [0, 0.1) is 37.8 Å². The van der Waals surface area contributed by atoms with Crippen molar-refractivity contribution in [1.29, 1.82) is 0 Å². The molecule has 0 saturated carbocycles. The molecule has 1 aromatic carbocycles. The zero-order chi connectivity index (χ0) is 22.3. The van der Waals surface area contributed by atoms with Gasteiger partial charge in [0.2, 0.25) is 0 Å². The number of benzene rings is 1. The molecule has 0 aliphatic carbocycles. The quantitative estimate of drug-likeness (QED) is 0.737. The maximum absolute atomic E-state index is 13.3. The Morgan fingerprint density at radius 3 is 2.38 bits per heavy atom. The first-order valence-corrected chi connectivity index (χ1v) is 9.89. The van der Waals surface area contributed by atoms with E-state index in [1.54, 1.807) is 20.9 Å². The Kier molecular flexibility index (Phi) is 8.73. The minimum absolute atomic E-state index is 0.0617. The number of rotatable bonds is 4. The van der Waals surface area contributed by atoms with Gasteiger partial charge in [-0.2, -0.15) is 0 Å². The summed E-state index contributed by atoms with van der Waals surface area (Å²) in [4.78, 5) is 24.8. The van der Waals surface area contributed by atoms with E-state index < -0.39 is 33.6 Å². The number of hydrogen-bond donors (Lipinski definition) is 2. The number of carbonyl (C=O) groups is 2. The van der Waals surface area contributed by atoms with Crippen LogP contribution in [0.25, 0.3) is 0 Å². The van der Waals surface area contributed by atoms with Crippen molar-refractivity contribution in [2.75, 3.05) is 11.9 Å². The van der Waals surface area contributed by atoms with Gasteiger partial charge in [0, 0.05) is 24.5 Å². The van der Waals surface area contributed by atoms with E-state index in [9.17, 15) is 22.6 Å². The van der Waals surface area contributed by atoms with Crippen molar-refractivity contribution in [3.63, 3.8) is 0 Å². The largest absolute Gasteiger partial charge is 0.343 e. The predicted octanol–water partition coefficient (Wildman–Crippen LogP) is 3.65. The smallest absolute Gasteiger partial charge is 0.314 e. The van der Waals surface area contributed by atoms with Gasteiger partial charge in [-0.15, -0.1) is 6.42 Å². The fourth-order valence-electron chi connectivity index (χ4n) is 2.59. The lowest BCUT2D eigenvalue weighted by Crippen LogP contribution is -2.26. The van der Waals surface area contributed by atoms with Crippen molar-refractivity contribution >= 4 is 27.6 Å². The fourth-order valence-corrected chi connectivity index (χ4v) is 3.76. The molecule has 156 valence electrons. The summed E-state index contributed by atoms with van der Waals surface area (Å²) in [6.45, 7) is 7.09. The molecule has 0 spiro atoms. The minimum Gasteiger partial charge on any atom is -0.343 e. The summed E-state index contributed by atoms with van der Waals surface area (Å²) < 4.78 is 40.3. The van der Waals surface area contributed by atoms with Gasteiger partial charge in [-0.25, -0.2) is 13.0 Å². The van der Waals surface area contributed by atoms with Crippen molar-refractivity contribution < 1.29 is 22.6 Å². The number of halogens is 2. The van der Waals surface area contributed by atoms with E-state index in [1.165, 1.54) is 10.6 Å². The Labute approximate surface area is 171 Å². The van der Waals surface area contributed by atoms with Crippen molar-refractivity contribution in [2.24, 2.45) is 7.05 Å². The summed E-state index contributed by atoms with van der Waals surface area (Å²) in [7, 11) is -0.496. The summed E-state index contributed by atoms with van der Waals surface area (Å²) >= 11 is 0. The van der Waals surface area contributed by atoms with Crippen molar-refractivity contribution in [3.05, 3.63) is 46.8 Å². The van der Waals surface area contributed by atoms with Gasteiger partial charge in [0.15, 0.2) is 11.6 Å². The summed E-state index contributed by atoms with van der Waals surface area (Å²) in [5, 5.41) is 4.02. The lowest BCUT2D eigenvalue weighted by Gasteiger charge is -2.08. The number of nitrogens with one attached hydrogen (secondary N) is 2. The van der Waals surface area contributed by atoms with Gasteiger partial charge in [-0.1, -0.05) is 19.8 Å². The van der Waals surface area contributed by atoms with Crippen LogP contribution in [0.4, 0.5) is 19.3 Å². The molecule has 0 bridgehead atoms. The Bertz CT molecular complexity index is 994. The third kappa shape index (κ3) is 5.29. The molecule has 1 atom stereocenters. The van der Waals surface area contributed by atoms with Crippen molar-refractivity contribution in [3.8, 4) is 12.3 Å². The number of anilines is 1. The topological polar surface area (TPSA) is 80.2 Å². The molecule has 0 saturated heterocycles. The molecule has 1 aromatic heterocycles. The highest BCUT2D eigenvalue weighted by Crippen LogP contribution is 2.26. The lowest BCUT2D eigenvalue weighted by atomic mass is 10.2. The number of nitrogens with zero attached hydrogens (tertiary/aromatic N) is 1. The Hall–Kier alpha value is -2.99. The van der Waals surface area contributed by atoms with Gasteiger partial charge in [0.25, 0.3) is 5.91 Å². The van der Waals surface area contributed by atoms with Gasteiger partial charge in [0.1, 0.15) is 16.5 Å². The molecule has 0 aliphatic heterocycles.